The minimum absolute atomic E-state index is 0.177. The Balaban J connectivity index is 1.94. The van der Waals surface area contributed by atoms with Gasteiger partial charge in [0.1, 0.15) is 0 Å². The van der Waals surface area contributed by atoms with E-state index in [0.29, 0.717) is 5.69 Å². The first kappa shape index (κ1) is 20.0. The van der Waals surface area contributed by atoms with Crippen molar-refractivity contribution in [1.82, 2.24) is 25.4 Å². The van der Waals surface area contributed by atoms with E-state index in [1.807, 2.05) is 51.4 Å². The van der Waals surface area contributed by atoms with Gasteiger partial charge in [0, 0.05) is 35.4 Å². The molecule has 2 aromatic heterocycles. The number of carbonyl (C=O) groups excluding carboxylic acids is 1. The van der Waals surface area contributed by atoms with Crippen LogP contribution in [0.4, 0.5) is 0 Å². The van der Waals surface area contributed by atoms with Crippen LogP contribution in [-0.2, 0) is 6.54 Å². The van der Waals surface area contributed by atoms with Crippen molar-refractivity contribution in [3.63, 3.8) is 0 Å². The number of amides is 1. The van der Waals surface area contributed by atoms with Crippen LogP contribution >= 0.6 is 0 Å². The molecule has 6 heteroatoms. The lowest BCUT2D eigenvalue weighted by Crippen LogP contribution is -2.40. The van der Waals surface area contributed by atoms with E-state index in [9.17, 15) is 4.79 Å². The van der Waals surface area contributed by atoms with E-state index >= 15 is 0 Å². The number of aromatic nitrogens is 3. The number of hydrogen-bond donors (Lipinski definition) is 2. The van der Waals surface area contributed by atoms with Crippen molar-refractivity contribution < 1.29 is 4.79 Å². The maximum Gasteiger partial charge on any atom is 0.272 e. The first-order valence-electron chi connectivity index (χ1n) is 9.78. The summed E-state index contributed by atoms with van der Waals surface area (Å²) in [4.78, 5) is 19.4. The highest BCUT2D eigenvalue weighted by Gasteiger charge is 2.20. The molecule has 2 N–H and O–H groups in total. The number of benzene rings is 1. The summed E-state index contributed by atoms with van der Waals surface area (Å²) in [5.41, 5.74) is 4.18. The van der Waals surface area contributed by atoms with Crippen LogP contribution in [0.5, 0.6) is 0 Å². The number of pyridine rings is 1. The average molecular weight is 380 g/mol. The Kier molecular flexibility index (Phi) is 5.79. The third kappa shape index (κ3) is 4.57. The van der Waals surface area contributed by atoms with E-state index in [-0.39, 0.29) is 11.4 Å². The lowest BCUT2D eigenvalue weighted by atomic mass is 10.0. The van der Waals surface area contributed by atoms with Crippen molar-refractivity contribution in [2.24, 2.45) is 0 Å². The van der Waals surface area contributed by atoms with Crippen molar-refractivity contribution in [3.8, 4) is 11.1 Å². The van der Waals surface area contributed by atoms with Crippen LogP contribution in [0.3, 0.4) is 0 Å². The molecular weight excluding hydrogens is 350 g/mol. The third-order valence-corrected chi connectivity index (χ3v) is 4.70. The van der Waals surface area contributed by atoms with Crippen LogP contribution in [0.25, 0.3) is 22.0 Å². The van der Waals surface area contributed by atoms with Crippen LogP contribution < -0.4 is 5.32 Å². The quantitative estimate of drug-likeness (QED) is 0.679. The summed E-state index contributed by atoms with van der Waals surface area (Å²) in [6, 6.07) is 8.17. The Hall–Kier alpha value is -2.73. The Bertz CT molecular complexity index is 966. The maximum atomic E-state index is 12.6. The van der Waals surface area contributed by atoms with E-state index in [0.717, 1.165) is 41.7 Å². The molecular formula is C22H29N5O. The standard InChI is InChI=1S/C22H29N5O/c1-6-27(7-2)14-15-10-17(13-23-12-15)16-8-9-19-18(11-16)20(26-25-19)21(28)24-22(3,4)5/h8-13H,6-7,14H2,1-5H3,(H,24,28)(H,25,26). The minimum atomic E-state index is -0.317. The van der Waals surface area contributed by atoms with Crippen LogP contribution in [0.2, 0.25) is 0 Å². The number of carbonyl (C=O) groups is 1. The zero-order valence-electron chi connectivity index (χ0n) is 17.3. The summed E-state index contributed by atoms with van der Waals surface area (Å²) < 4.78 is 0. The van der Waals surface area contributed by atoms with E-state index < -0.39 is 0 Å². The first-order valence-corrected chi connectivity index (χ1v) is 9.78. The molecule has 28 heavy (non-hydrogen) atoms. The fourth-order valence-corrected chi connectivity index (χ4v) is 3.20. The summed E-state index contributed by atoms with van der Waals surface area (Å²) in [6.45, 7) is 13.1. The van der Waals surface area contributed by atoms with Gasteiger partial charge in [0.15, 0.2) is 5.69 Å². The number of rotatable bonds is 6. The predicted molar refractivity (Wildman–Crippen MR) is 113 cm³/mol. The van der Waals surface area contributed by atoms with Crippen molar-refractivity contribution >= 4 is 16.8 Å². The molecule has 0 aliphatic carbocycles. The molecule has 0 bridgehead atoms. The van der Waals surface area contributed by atoms with Gasteiger partial charge in [-0.25, -0.2) is 0 Å². The second-order valence-electron chi connectivity index (χ2n) is 8.08. The number of fused-ring (bicyclic) bond motifs is 1. The number of nitrogens with zero attached hydrogens (tertiary/aromatic N) is 3. The summed E-state index contributed by atoms with van der Waals surface area (Å²) in [7, 11) is 0. The smallest absolute Gasteiger partial charge is 0.272 e. The van der Waals surface area contributed by atoms with E-state index in [4.69, 9.17) is 0 Å². The average Bonchev–Trinajstić information content (AvgIpc) is 3.08. The van der Waals surface area contributed by atoms with E-state index in [2.05, 4.69) is 45.3 Å². The second-order valence-corrected chi connectivity index (χ2v) is 8.08. The second kappa shape index (κ2) is 8.10. The molecule has 0 radical (unpaired) electrons. The molecule has 0 spiro atoms. The molecule has 148 valence electrons. The van der Waals surface area contributed by atoms with Crippen molar-refractivity contribution in [3.05, 3.63) is 47.9 Å². The molecule has 3 aromatic rings. The zero-order chi connectivity index (χ0) is 20.3. The number of hydrogen-bond acceptors (Lipinski definition) is 4. The SMILES string of the molecule is CCN(CC)Cc1cncc(-c2ccc3[nH]nc(C(=O)NC(C)(C)C)c3c2)c1. The van der Waals surface area contributed by atoms with E-state index in [1.165, 1.54) is 5.56 Å². The highest BCUT2D eigenvalue weighted by atomic mass is 16.2. The van der Waals surface area contributed by atoms with Crippen LogP contribution in [-0.4, -0.2) is 44.6 Å². The minimum Gasteiger partial charge on any atom is -0.346 e. The van der Waals surface area contributed by atoms with Gasteiger partial charge in [-0.3, -0.25) is 19.8 Å². The summed E-state index contributed by atoms with van der Waals surface area (Å²) >= 11 is 0. The topological polar surface area (TPSA) is 73.9 Å². The predicted octanol–water partition coefficient (Wildman–Crippen LogP) is 4.00. The van der Waals surface area contributed by atoms with Gasteiger partial charge in [0.05, 0.1) is 5.52 Å². The Labute approximate surface area is 166 Å². The molecule has 1 amide bonds. The Morgan fingerprint density at radius 1 is 1.11 bits per heavy atom. The van der Waals surface area contributed by atoms with Gasteiger partial charge in [-0.05, 0) is 63.2 Å². The fraction of sp³-hybridized carbons (Fsp3) is 0.409. The summed E-state index contributed by atoms with van der Waals surface area (Å²) in [5.74, 6) is -0.177. The van der Waals surface area contributed by atoms with Gasteiger partial charge in [-0.2, -0.15) is 5.10 Å². The summed E-state index contributed by atoms with van der Waals surface area (Å²) in [6.07, 6.45) is 3.78. The lowest BCUT2D eigenvalue weighted by molar-refractivity contribution is 0.0916. The van der Waals surface area contributed by atoms with Gasteiger partial charge in [-0.15, -0.1) is 0 Å². The molecule has 0 aliphatic rings. The van der Waals surface area contributed by atoms with Crippen molar-refractivity contribution in [1.29, 1.82) is 0 Å². The van der Waals surface area contributed by atoms with Gasteiger partial charge in [0.25, 0.3) is 5.91 Å². The number of H-pyrrole nitrogens is 1. The number of nitrogens with one attached hydrogen (secondary N) is 2. The molecule has 0 saturated heterocycles. The van der Waals surface area contributed by atoms with Crippen molar-refractivity contribution in [2.75, 3.05) is 13.1 Å². The maximum absolute atomic E-state index is 12.6. The van der Waals surface area contributed by atoms with Crippen LogP contribution in [0.15, 0.2) is 36.7 Å². The third-order valence-electron chi connectivity index (χ3n) is 4.70. The molecule has 0 fully saturated rings. The Morgan fingerprint density at radius 3 is 2.54 bits per heavy atom. The highest BCUT2D eigenvalue weighted by Crippen LogP contribution is 2.26. The fourth-order valence-electron chi connectivity index (χ4n) is 3.20. The van der Waals surface area contributed by atoms with Gasteiger partial charge in [0.2, 0.25) is 0 Å². The molecule has 6 nitrogen and oxygen atoms in total. The van der Waals surface area contributed by atoms with Crippen molar-refractivity contribution in [2.45, 2.75) is 46.7 Å². The normalized spacial score (nSPS) is 11.9. The van der Waals surface area contributed by atoms with Gasteiger partial charge >= 0.3 is 0 Å². The number of aromatic amines is 1. The zero-order valence-corrected chi connectivity index (χ0v) is 17.3. The molecule has 0 unspecified atom stereocenters. The molecule has 0 atom stereocenters. The molecule has 3 rings (SSSR count). The summed E-state index contributed by atoms with van der Waals surface area (Å²) in [5, 5.41) is 11.0. The molecule has 1 aromatic carbocycles. The monoisotopic (exact) mass is 379 g/mol. The largest absolute Gasteiger partial charge is 0.346 e. The Morgan fingerprint density at radius 2 is 1.86 bits per heavy atom. The van der Waals surface area contributed by atoms with Gasteiger partial charge < -0.3 is 5.32 Å². The molecule has 0 saturated carbocycles. The van der Waals surface area contributed by atoms with Crippen LogP contribution in [0, 0.1) is 0 Å². The highest BCUT2D eigenvalue weighted by molar-refractivity contribution is 6.05. The molecule has 0 aliphatic heterocycles. The van der Waals surface area contributed by atoms with E-state index in [1.54, 1.807) is 0 Å². The first-order chi connectivity index (χ1) is 13.3. The lowest BCUT2D eigenvalue weighted by Gasteiger charge is -2.19. The van der Waals surface area contributed by atoms with Crippen LogP contribution in [0.1, 0.15) is 50.7 Å². The molecule has 2 heterocycles. The van der Waals surface area contributed by atoms with Gasteiger partial charge in [-0.1, -0.05) is 19.9 Å².